The van der Waals surface area contributed by atoms with Gasteiger partial charge < -0.3 is 20.3 Å². The van der Waals surface area contributed by atoms with Crippen molar-refractivity contribution >= 4 is 17.5 Å². The van der Waals surface area contributed by atoms with Crippen LogP contribution in [0.15, 0.2) is 43.0 Å². The molecule has 1 aliphatic carbocycles. The number of carbonyl (C=O) groups excluding carboxylic acids is 1. The topological polar surface area (TPSA) is 105 Å². The zero-order chi connectivity index (χ0) is 24.5. The molecule has 180 valence electrons. The van der Waals surface area contributed by atoms with Crippen molar-refractivity contribution in [3.63, 3.8) is 0 Å². The number of nitrogens with one attached hydrogen (secondary N) is 2. The fourth-order valence-electron chi connectivity index (χ4n) is 4.21. The maximum atomic E-state index is 13.0. The van der Waals surface area contributed by atoms with E-state index in [-0.39, 0.29) is 17.8 Å². The van der Waals surface area contributed by atoms with Crippen molar-refractivity contribution in [2.24, 2.45) is 5.92 Å². The van der Waals surface area contributed by atoms with Crippen LogP contribution in [-0.2, 0) is 16.6 Å². The highest BCUT2D eigenvalue weighted by Crippen LogP contribution is 2.39. The lowest BCUT2D eigenvalue weighted by molar-refractivity contribution is -0.141. The van der Waals surface area contributed by atoms with Crippen LogP contribution >= 0.6 is 0 Å². The Kier molecular flexibility index (Phi) is 6.30. The quantitative estimate of drug-likeness (QED) is 0.519. The van der Waals surface area contributed by atoms with Crippen LogP contribution in [-0.4, -0.2) is 37.6 Å². The number of alkyl halides is 3. The van der Waals surface area contributed by atoms with Gasteiger partial charge in [-0.1, -0.05) is 0 Å². The number of hydrogen-bond donors (Lipinski definition) is 3. The minimum absolute atomic E-state index is 0.0166. The van der Waals surface area contributed by atoms with Crippen LogP contribution in [0.2, 0.25) is 0 Å². The summed E-state index contributed by atoms with van der Waals surface area (Å²) in [7, 11) is 1.61. The number of aromatic nitrogens is 4. The summed E-state index contributed by atoms with van der Waals surface area (Å²) < 4.78 is 40.6. The molecule has 3 N–H and O–H groups in total. The number of aliphatic hydroxyl groups is 1. The lowest BCUT2D eigenvalue weighted by Gasteiger charge is -2.34. The van der Waals surface area contributed by atoms with Crippen molar-refractivity contribution in [3.8, 4) is 5.69 Å². The van der Waals surface area contributed by atoms with Gasteiger partial charge in [0, 0.05) is 36.7 Å². The van der Waals surface area contributed by atoms with Crippen LogP contribution in [0.25, 0.3) is 5.69 Å². The van der Waals surface area contributed by atoms with Crippen molar-refractivity contribution < 1.29 is 23.1 Å². The van der Waals surface area contributed by atoms with Gasteiger partial charge >= 0.3 is 6.18 Å². The van der Waals surface area contributed by atoms with Gasteiger partial charge in [-0.25, -0.2) is 15.0 Å². The number of anilines is 2. The molecule has 0 aliphatic heterocycles. The Labute approximate surface area is 194 Å². The van der Waals surface area contributed by atoms with Crippen molar-refractivity contribution in [1.29, 1.82) is 0 Å². The fourth-order valence-corrected chi connectivity index (χ4v) is 4.21. The number of aryl methyl sites for hydroxylation is 1. The molecule has 1 amide bonds. The zero-order valence-corrected chi connectivity index (χ0v) is 18.7. The van der Waals surface area contributed by atoms with E-state index in [1.165, 1.54) is 0 Å². The van der Waals surface area contributed by atoms with Gasteiger partial charge in [-0.05, 0) is 62.4 Å². The molecule has 0 atom stereocenters. The van der Waals surface area contributed by atoms with Crippen molar-refractivity contribution in [2.75, 3.05) is 12.4 Å². The second-order valence-corrected chi connectivity index (χ2v) is 8.53. The largest absolute Gasteiger partial charge is 0.433 e. The molecule has 3 aromatic rings. The fraction of sp³-hybridized carbons (Fsp3) is 0.391. The van der Waals surface area contributed by atoms with Crippen LogP contribution in [0, 0.1) is 12.8 Å². The SMILES string of the molecule is CNC(=O)[C@H]1CC[C@@](O)(c2cn(-c3cc(C)cc(Nc4nccc(C(F)(F)F)n4)c3)cn2)CC1. The Morgan fingerprint density at radius 3 is 2.62 bits per heavy atom. The highest BCUT2D eigenvalue weighted by molar-refractivity contribution is 5.78. The second kappa shape index (κ2) is 9.05. The Morgan fingerprint density at radius 1 is 1.21 bits per heavy atom. The lowest BCUT2D eigenvalue weighted by atomic mass is 9.77. The number of hydrogen-bond acceptors (Lipinski definition) is 6. The Bertz CT molecular complexity index is 1190. The first-order chi connectivity index (χ1) is 16.1. The van der Waals surface area contributed by atoms with Crippen molar-refractivity contribution in [1.82, 2.24) is 24.8 Å². The summed E-state index contributed by atoms with van der Waals surface area (Å²) in [4.78, 5) is 23.7. The molecule has 2 aromatic heterocycles. The molecule has 1 aromatic carbocycles. The van der Waals surface area contributed by atoms with Gasteiger partial charge in [-0.2, -0.15) is 13.2 Å². The smallest absolute Gasteiger partial charge is 0.383 e. The molecule has 1 aliphatic rings. The molecular formula is C23H25F3N6O2. The van der Waals surface area contributed by atoms with Gasteiger partial charge in [-0.15, -0.1) is 0 Å². The number of imidazole rings is 1. The van der Waals surface area contributed by atoms with Crippen LogP contribution in [0.4, 0.5) is 24.8 Å². The predicted octanol–water partition coefficient (Wildman–Crippen LogP) is 3.86. The minimum atomic E-state index is -4.57. The Balaban J connectivity index is 1.54. The van der Waals surface area contributed by atoms with Gasteiger partial charge in [0.15, 0.2) is 0 Å². The highest BCUT2D eigenvalue weighted by atomic mass is 19.4. The molecule has 2 heterocycles. The maximum Gasteiger partial charge on any atom is 0.433 e. The van der Waals surface area contributed by atoms with Crippen LogP contribution < -0.4 is 10.6 Å². The third-order valence-electron chi connectivity index (χ3n) is 6.05. The summed E-state index contributed by atoms with van der Waals surface area (Å²) in [5.41, 5.74) is 0.431. The summed E-state index contributed by atoms with van der Waals surface area (Å²) in [6.07, 6.45) is 1.79. The van der Waals surface area contributed by atoms with E-state index < -0.39 is 17.5 Å². The maximum absolute atomic E-state index is 13.0. The molecule has 34 heavy (non-hydrogen) atoms. The molecule has 0 spiro atoms. The number of nitrogens with zero attached hydrogens (tertiary/aromatic N) is 4. The van der Waals surface area contributed by atoms with Crippen molar-refractivity contribution in [2.45, 2.75) is 44.4 Å². The monoisotopic (exact) mass is 474 g/mol. The third kappa shape index (κ3) is 5.04. The Morgan fingerprint density at radius 2 is 1.94 bits per heavy atom. The Hall–Kier alpha value is -3.47. The van der Waals surface area contributed by atoms with Gasteiger partial charge in [0.25, 0.3) is 0 Å². The molecule has 1 saturated carbocycles. The summed E-state index contributed by atoms with van der Waals surface area (Å²) in [5.74, 6) is -0.298. The summed E-state index contributed by atoms with van der Waals surface area (Å²) in [6.45, 7) is 1.85. The average molecular weight is 474 g/mol. The van der Waals surface area contributed by atoms with E-state index in [4.69, 9.17) is 0 Å². The van der Waals surface area contributed by atoms with Gasteiger partial charge in [0.2, 0.25) is 11.9 Å². The molecule has 0 saturated heterocycles. The van der Waals surface area contributed by atoms with Crippen LogP contribution in [0.3, 0.4) is 0 Å². The molecule has 0 bridgehead atoms. The van der Waals surface area contributed by atoms with E-state index in [0.29, 0.717) is 42.8 Å². The lowest BCUT2D eigenvalue weighted by Crippen LogP contribution is -2.37. The summed E-state index contributed by atoms with van der Waals surface area (Å²) in [6, 6.07) is 6.19. The predicted molar refractivity (Wildman–Crippen MR) is 119 cm³/mol. The van der Waals surface area contributed by atoms with Gasteiger partial charge in [0.05, 0.1) is 12.0 Å². The van der Waals surface area contributed by atoms with Gasteiger partial charge in [0.1, 0.15) is 11.3 Å². The van der Waals surface area contributed by atoms with Crippen LogP contribution in [0.5, 0.6) is 0 Å². The second-order valence-electron chi connectivity index (χ2n) is 8.53. The van der Waals surface area contributed by atoms with E-state index in [1.54, 1.807) is 36.3 Å². The summed E-state index contributed by atoms with van der Waals surface area (Å²) in [5, 5.41) is 16.6. The first-order valence-electron chi connectivity index (χ1n) is 10.9. The summed E-state index contributed by atoms with van der Waals surface area (Å²) >= 11 is 0. The first kappa shape index (κ1) is 23.7. The van der Waals surface area contributed by atoms with Crippen LogP contribution in [0.1, 0.15) is 42.6 Å². The standard InChI is InChI=1S/C23H25F3N6O2/c1-14-9-16(30-21-28-8-5-18(31-21)23(24,25)26)11-17(10-14)32-12-19(29-13-32)22(34)6-3-15(4-7-22)20(33)27-2/h5,8-13,15,34H,3-4,6-7H2,1-2H3,(H,27,33)(H,28,30,31)/t15-,22-. The third-order valence-corrected chi connectivity index (χ3v) is 6.05. The molecular weight excluding hydrogens is 449 g/mol. The van der Waals surface area contributed by atoms with E-state index in [9.17, 15) is 23.1 Å². The molecule has 8 nitrogen and oxygen atoms in total. The van der Waals surface area contributed by atoms with Crippen molar-refractivity contribution in [3.05, 3.63) is 59.9 Å². The van der Waals surface area contributed by atoms with Gasteiger partial charge in [-0.3, -0.25) is 4.79 Å². The average Bonchev–Trinajstić information content (AvgIpc) is 3.30. The molecule has 11 heteroatoms. The number of halogens is 3. The van der Waals surface area contributed by atoms with E-state index >= 15 is 0 Å². The highest BCUT2D eigenvalue weighted by Gasteiger charge is 2.38. The number of rotatable bonds is 5. The van der Waals surface area contributed by atoms with E-state index in [1.807, 2.05) is 13.0 Å². The molecule has 4 rings (SSSR count). The normalized spacial score (nSPS) is 20.7. The minimum Gasteiger partial charge on any atom is -0.383 e. The van der Waals surface area contributed by atoms with E-state index in [2.05, 4.69) is 25.6 Å². The number of carbonyl (C=O) groups is 1. The molecule has 0 unspecified atom stereocenters. The number of benzene rings is 1. The molecule has 1 fully saturated rings. The first-order valence-corrected chi connectivity index (χ1v) is 10.9. The zero-order valence-electron chi connectivity index (χ0n) is 18.7. The number of amides is 1. The van der Waals surface area contributed by atoms with E-state index in [0.717, 1.165) is 17.8 Å². The molecule has 0 radical (unpaired) electrons.